The molecule has 0 radical (unpaired) electrons. The summed E-state index contributed by atoms with van der Waals surface area (Å²) >= 11 is 0. The van der Waals surface area contributed by atoms with E-state index in [0.29, 0.717) is 25.2 Å². The van der Waals surface area contributed by atoms with Gasteiger partial charge in [-0.2, -0.15) is 0 Å². The third-order valence-corrected chi connectivity index (χ3v) is 10.7. The van der Waals surface area contributed by atoms with Gasteiger partial charge >= 0.3 is 0 Å². The van der Waals surface area contributed by atoms with Gasteiger partial charge < -0.3 is 20.4 Å². The lowest BCUT2D eigenvalue weighted by molar-refractivity contribution is -0.154. The number of carbonyl (C=O) groups is 1. The Morgan fingerprint density at radius 2 is 1.79 bits per heavy atom. The second-order valence-corrected chi connectivity index (χ2v) is 12.6. The van der Waals surface area contributed by atoms with Crippen molar-refractivity contribution in [3.05, 3.63) is 23.8 Å². The molecule has 4 N–H and O–H groups in total. The topological polar surface area (TPSA) is 98.0 Å². The minimum absolute atomic E-state index is 0.0165. The Bertz CT molecular complexity index is 847. The van der Waals surface area contributed by atoms with Crippen molar-refractivity contribution < 1.29 is 25.2 Å². The lowest BCUT2D eigenvalue weighted by Crippen LogP contribution is -2.61. The summed E-state index contributed by atoms with van der Waals surface area (Å²) in [5.41, 5.74) is -0.0393. The molecule has 3 saturated carbocycles. The first kappa shape index (κ1) is 25.1. The number of rotatable bonds is 5. The van der Waals surface area contributed by atoms with Crippen LogP contribution in [0.2, 0.25) is 0 Å². The van der Waals surface area contributed by atoms with Crippen molar-refractivity contribution in [2.75, 3.05) is 0 Å². The molecule has 0 bridgehead atoms. The van der Waals surface area contributed by atoms with Crippen LogP contribution in [0.25, 0.3) is 0 Å². The standard InChI is InChI=1S/C28H44O5/c1-15(2)16(3)11-22(29)17(4)18-8-10-28(33)20-12-23(30)21-13-24(31)25(32)14-26(21,5)19(20)7-9-27(18,28)6/h12,15,17-19,21-22,24-25,29,31-33H,3,7-11,13-14H2,1-2,4-6H3. The molecule has 4 aliphatic rings. The van der Waals surface area contributed by atoms with Crippen LogP contribution in [-0.2, 0) is 4.79 Å². The van der Waals surface area contributed by atoms with Crippen LogP contribution in [0.5, 0.6) is 0 Å². The predicted octanol–water partition coefficient (Wildman–Crippen LogP) is 3.79. The van der Waals surface area contributed by atoms with Gasteiger partial charge in [-0.25, -0.2) is 0 Å². The van der Waals surface area contributed by atoms with Gasteiger partial charge in [0.05, 0.1) is 23.9 Å². The molecule has 0 aromatic rings. The summed E-state index contributed by atoms with van der Waals surface area (Å²) < 4.78 is 0. The highest BCUT2D eigenvalue weighted by molar-refractivity contribution is 5.95. The van der Waals surface area contributed by atoms with Crippen molar-refractivity contribution in [2.24, 2.45) is 40.4 Å². The number of hydrogen-bond donors (Lipinski definition) is 4. The molecule has 0 aromatic heterocycles. The van der Waals surface area contributed by atoms with Gasteiger partial charge in [-0.1, -0.05) is 46.8 Å². The second-order valence-electron chi connectivity index (χ2n) is 12.6. The van der Waals surface area contributed by atoms with E-state index in [1.165, 1.54) is 0 Å². The Hall–Kier alpha value is -1.01. The maximum absolute atomic E-state index is 13.3. The first-order valence-electron chi connectivity index (χ1n) is 13.0. The Morgan fingerprint density at radius 3 is 2.42 bits per heavy atom. The largest absolute Gasteiger partial charge is 0.393 e. The maximum Gasteiger partial charge on any atom is 0.159 e. The molecule has 0 aliphatic heterocycles. The van der Waals surface area contributed by atoms with E-state index in [1.807, 2.05) is 0 Å². The Labute approximate surface area is 199 Å². The molecule has 10 atom stereocenters. The van der Waals surface area contributed by atoms with Gasteiger partial charge in [-0.3, -0.25) is 4.79 Å². The fourth-order valence-corrected chi connectivity index (χ4v) is 8.21. The van der Waals surface area contributed by atoms with E-state index >= 15 is 0 Å². The summed E-state index contributed by atoms with van der Waals surface area (Å²) in [7, 11) is 0. The monoisotopic (exact) mass is 460 g/mol. The zero-order chi connectivity index (χ0) is 24.5. The molecule has 0 spiro atoms. The van der Waals surface area contributed by atoms with Crippen molar-refractivity contribution in [3.63, 3.8) is 0 Å². The zero-order valence-corrected chi connectivity index (χ0v) is 21.1. The van der Waals surface area contributed by atoms with Crippen LogP contribution in [0.15, 0.2) is 23.8 Å². The molecule has 0 amide bonds. The van der Waals surface area contributed by atoms with Gasteiger partial charge in [0.25, 0.3) is 0 Å². The molecule has 5 heteroatoms. The molecule has 33 heavy (non-hydrogen) atoms. The molecule has 4 rings (SSSR count). The normalized spacial score (nSPS) is 46.8. The van der Waals surface area contributed by atoms with Crippen molar-refractivity contribution >= 4 is 5.78 Å². The number of hydrogen-bond acceptors (Lipinski definition) is 5. The van der Waals surface area contributed by atoms with Gasteiger partial charge in [0.15, 0.2) is 5.78 Å². The molecule has 0 saturated heterocycles. The fraction of sp³-hybridized carbons (Fsp3) is 0.821. The number of ketones is 1. The number of allylic oxidation sites excluding steroid dienone is 1. The molecule has 5 nitrogen and oxygen atoms in total. The first-order chi connectivity index (χ1) is 15.3. The third kappa shape index (κ3) is 3.61. The van der Waals surface area contributed by atoms with Gasteiger partial charge in [-0.15, -0.1) is 0 Å². The number of carbonyl (C=O) groups excluding carboxylic acids is 1. The minimum atomic E-state index is -1.08. The zero-order valence-electron chi connectivity index (χ0n) is 21.1. The number of fused-ring (bicyclic) bond motifs is 5. The number of aliphatic hydroxyl groups excluding tert-OH is 3. The third-order valence-electron chi connectivity index (χ3n) is 10.7. The molecule has 4 aliphatic carbocycles. The van der Waals surface area contributed by atoms with E-state index in [2.05, 4.69) is 41.2 Å². The van der Waals surface area contributed by atoms with E-state index in [1.54, 1.807) is 6.08 Å². The smallest absolute Gasteiger partial charge is 0.159 e. The average Bonchev–Trinajstić information content (AvgIpc) is 3.01. The van der Waals surface area contributed by atoms with E-state index in [4.69, 9.17) is 0 Å². The van der Waals surface area contributed by atoms with Crippen LogP contribution in [0.4, 0.5) is 0 Å². The fourth-order valence-electron chi connectivity index (χ4n) is 8.21. The van der Waals surface area contributed by atoms with E-state index in [-0.39, 0.29) is 35.9 Å². The second kappa shape index (κ2) is 8.29. The van der Waals surface area contributed by atoms with Crippen molar-refractivity contribution in [1.82, 2.24) is 0 Å². The van der Waals surface area contributed by atoms with Crippen LogP contribution in [0.1, 0.15) is 79.6 Å². The van der Waals surface area contributed by atoms with Crippen LogP contribution in [-0.4, -0.2) is 50.1 Å². The predicted molar refractivity (Wildman–Crippen MR) is 128 cm³/mol. The summed E-state index contributed by atoms with van der Waals surface area (Å²) in [6, 6.07) is 0. The molecule has 3 fully saturated rings. The Balaban J connectivity index is 1.64. The summed E-state index contributed by atoms with van der Waals surface area (Å²) in [4.78, 5) is 13.3. The van der Waals surface area contributed by atoms with Crippen LogP contribution >= 0.6 is 0 Å². The van der Waals surface area contributed by atoms with Crippen LogP contribution in [0, 0.1) is 40.4 Å². The maximum atomic E-state index is 13.3. The van der Waals surface area contributed by atoms with Crippen LogP contribution in [0.3, 0.4) is 0 Å². The SMILES string of the molecule is C=C(CC(O)C(C)C1CCC2(O)C3=CC(=O)C4CC(O)C(O)CC4(C)C3CCC12C)C(C)C. The summed E-state index contributed by atoms with van der Waals surface area (Å²) in [6.07, 6.45) is 3.85. The molecular formula is C28H44O5. The van der Waals surface area contributed by atoms with Gasteiger partial charge in [0.1, 0.15) is 0 Å². The average molecular weight is 461 g/mol. The minimum Gasteiger partial charge on any atom is -0.393 e. The highest BCUT2D eigenvalue weighted by Gasteiger charge is 2.67. The molecule has 0 heterocycles. The van der Waals surface area contributed by atoms with Gasteiger partial charge in [0.2, 0.25) is 0 Å². The molecule has 186 valence electrons. The molecular weight excluding hydrogens is 416 g/mol. The van der Waals surface area contributed by atoms with E-state index in [0.717, 1.165) is 30.4 Å². The molecule has 0 aromatic carbocycles. The van der Waals surface area contributed by atoms with E-state index in [9.17, 15) is 25.2 Å². The lowest BCUT2D eigenvalue weighted by Gasteiger charge is -2.60. The van der Waals surface area contributed by atoms with Crippen molar-refractivity contribution in [3.8, 4) is 0 Å². The van der Waals surface area contributed by atoms with Crippen LogP contribution < -0.4 is 0 Å². The van der Waals surface area contributed by atoms with Crippen molar-refractivity contribution in [2.45, 2.75) is 103 Å². The van der Waals surface area contributed by atoms with Crippen molar-refractivity contribution in [1.29, 1.82) is 0 Å². The first-order valence-corrected chi connectivity index (χ1v) is 13.0. The lowest BCUT2D eigenvalue weighted by atomic mass is 9.46. The Kier molecular flexibility index (Phi) is 6.30. The summed E-state index contributed by atoms with van der Waals surface area (Å²) in [5.74, 6) is 0.203. The Morgan fingerprint density at radius 1 is 1.12 bits per heavy atom. The highest BCUT2D eigenvalue weighted by atomic mass is 16.3. The van der Waals surface area contributed by atoms with Gasteiger partial charge in [0, 0.05) is 11.3 Å². The quantitative estimate of drug-likeness (QED) is 0.468. The molecule has 10 unspecified atom stereocenters. The highest BCUT2D eigenvalue weighted by Crippen LogP contribution is 2.68. The van der Waals surface area contributed by atoms with E-state index < -0.39 is 34.7 Å². The summed E-state index contributed by atoms with van der Waals surface area (Å²) in [5, 5.41) is 44.0. The number of aliphatic hydroxyl groups is 4. The summed E-state index contributed by atoms with van der Waals surface area (Å²) in [6.45, 7) is 14.7. The van der Waals surface area contributed by atoms with Gasteiger partial charge in [-0.05, 0) is 85.7 Å².